The zero-order valence-electron chi connectivity index (χ0n) is 13.2. The van der Waals surface area contributed by atoms with Crippen LogP contribution in [0.3, 0.4) is 0 Å². The Kier molecular flexibility index (Phi) is 3.95. The summed E-state index contributed by atoms with van der Waals surface area (Å²) >= 11 is 1.55. The number of hydrogen-bond acceptors (Lipinski definition) is 5. The molecule has 1 atom stereocenters. The molecule has 0 radical (unpaired) electrons. The number of rotatable bonds is 2. The van der Waals surface area contributed by atoms with Crippen LogP contribution in [-0.2, 0) is 4.74 Å². The molecule has 6 nitrogen and oxygen atoms in total. The molecule has 0 spiro atoms. The molecule has 2 amide bonds. The second kappa shape index (κ2) is 6.26. The minimum atomic E-state index is -0.150. The van der Waals surface area contributed by atoms with Gasteiger partial charge in [0.2, 0.25) is 0 Å². The highest BCUT2D eigenvalue weighted by Gasteiger charge is 2.27. The number of ether oxygens (including phenoxy) is 1. The number of carbonyl (C=O) groups excluding carboxylic acids is 1. The Morgan fingerprint density at radius 3 is 3.21 bits per heavy atom. The summed E-state index contributed by atoms with van der Waals surface area (Å²) in [5.74, 6) is 0. The van der Waals surface area contributed by atoms with Crippen LogP contribution in [0.5, 0.6) is 0 Å². The molecule has 0 unspecified atom stereocenters. The van der Waals surface area contributed by atoms with E-state index in [0.29, 0.717) is 19.7 Å². The number of aryl methyl sites for hydroxylation is 1. The molecule has 1 aliphatic heterocycles. The summed E-state index contributed by atoms with van der Waals surface area (Å²) in [6.45, 7) is 3.57. The predicted octanol–water partition coefficient (Wildman–Crippen LogP) is 3.80. The number of amides is 2. The second-order valence-corrected chi connectivity index (χ2v) is 6.66. The lowest BCUT2D eigenvalue weighted by Gasteiger charge is -2.32. The van der Waals surface area contributed by atoms with Crippen LogP contribution < -0.4 is 5.32 Å². The molecular formula is C17H17N3O3S. The van der Waals surface area contributed by atoms with Crippen LogP contribution in [0.1, 0.15) is 16.7 Å². The minimum Gasteiger partial charge on any atom is -0.464 e. The number of urea groups is 1. The van der Waals surface area contributed by atoms with Gasteiger partial charge in [0.15, 0.2) is 0 Å². The number of thiazole rings is 1. The summed E-state index contributed by atoms with van der Waals surface area (Å²) in [7, 11) is 0. The summed E-state index contributed by atoms with van der Waals surface area (Å²) in [4.78, 5) is 18.6. The average Bonchev–Trinajstić information content (AvgIpc) is 3.26. The Morgan fingerprint density at radius 1 is 1.46 bits per heavy atom. The third-order valence-electron chi connectivity index (χ3n) is 4.10. The molecule has 1 N–H and O–H groups in total. The fraction of sp³-hybridized carbons (Fsp3) is 0.294. The Morgan fingerprint density at radius 2 is 2.38 bits per heavy atom. The van der Waals surface area contributed by atoms with Crippen molar-refractivity contribution in [3.8, 4) is 0 Å². The van der Waals surface area contributed by atoms with Crippen molar-refractivity contribution in [3.05, 3.63) is 46.6 Å². The topological polar surface area (TPSA) is 67.6 Å². The summed E-state index contributed by atoms with van der Waals surface area (Å²) in [6.07, 6.45) is 3.32. The summed E-state index contributed by atoms with van der Waals surface area (Å²) in [6, 6.07) is 5.53. The van der Waals surface area contributed by atoms with Gasteiger partial charge in [0.05, 0.1) is 19.4 Å². The predicted molar refractivity (Wildman–Crippen MR) is 92.3 cm³/mol. The number of aromatic nitrogens is 1. The zero-order chi connectivity index (χ0) is 16.5. The van der Waals surface area contributed by atoms with Crippen LogP contribution in [0.25, 0.3) is 11.0 Å². The van der Waals surface area contributed by atoms with Gasteiger partial charge in [-0.3, -0.25) is 0 Å². The van der Waals surface area contributed by atoms with Gasteiger partial charge < -0.3 is 19.4 Å². The number of fused-ring (bicyclic) bond motifs is 1. The zero-order valence-corrected chi connectivity index (χ0v) is 14.0. The number of anilines is 1. The van der Waals surface area contributed by atoms with Crippen molar-refractivity contribution in [2.75, 3.05) is 25.0 Å². The Labute approximate surface area is 143 Å². The number of furan rings is 1. The van der Waals surface area contributed by atoms with E-state index in [2.05, 4.69) is 10.3 Å². The molecule has 1 fully saturated rings. The molecular weight excluding hydrogens is 326 g/mol. The van der Waals surface area contributed by atoms with E-state index < -0.39 is 0 Å². The van der Waals surface area contributed by atoms with Gasteiger partial charge in [-0.2, -0.15) is 0 Å². The largest absolute Gasteiger partial charge is 0.464 e. The lowest BCUT2D eigenvalue weighted by molar-refractivity contribution is -0.0135. The van der Waals surface area contributed by atoms with E-state index in [4.69, 9.17) is 9.15 Å². The first-order chi connectivity index (χ1) is 11.7. The van der Waals surface area contributed by atoms with E-state index in [-0.39, 0.29) is 12.1 Å². The standard InChI is InChI=1S/C17H17N3O3S/c1-11-10-23-14-3-2-12(8-13(11)14)19-17(21)20-5-6-22-15(9-20)16-18-4-7-24-16/h2-4,7-8,10,15H,5-6,9H2,1H3,(H,19,21)/t15-/m1/s1. The monoisotopic (exact) mass is 343 g/mol. The van der Waals surface area contributed by atoms with Crippen molar-refractivity contribution < 1.29 is 13.9 Å². The summed E-state index contributed by atoms with van der Waals surface area (Å²) in [5, 5.41) is 6.79. The fourth-order valence-corrected chi connectivity index (χ4v) is 3.49. The Balaban J connectivity index is 1.47. The lowest BCUT2D eigenvalue weighted by Crippen LogP contribution is -2.44. The van der Waals surface area contributed by atoms with Crippen LogP contribution in [0.15, 0.2) is 40.5 Å². The number of nitrogens with one attached hydrogen (secondary N) is 1. The Bertz CT molecular complexity index is 859. The van der Waals surface area contributed by atoms with Crippen LogP contribution >= 0.6 is 11.3 Å². The number of hydrogen-bond donors (Lipinski definition) is 1. The quantitative estimate of drug-likeness (QED) is 0.768. The van der Waals surface area contributed by atoms with Gasteiger partial charge in [0, 0.05) is 29.2 Å². The third kappa shape index (κ3) is 2.88. The van der Waals surface area contributed by atoms with Crippen molar-refractivity contribution in [1.82, 2.24) is 9.88 Å². The Hall–Kier alpha value is -2.38. The maximum Gasteiger partial charge on any atom is 0.322 e. The third-order valence-corrected chi connectivity index (χ3v) is 4.97. The first-order valence-corrected chi connectivity index (χ1v) is 8.63. The van der Waals surface area contributed by atoms with Crippen molar-refractivity contribution in [1.29, 1.82) is 0 Å². The van der Waals surface area contributed by atoms with E-state index in [0.717, 1.165) is 27.2 Å². The first kappa shape index (κ1) is 15.2. The molecule has 1 aromatic carbocycles. The highest BCUT2D eigenvalue weighted by molar-refractivity contribution is 7.09. The molecule has 0 saturated carbocycles. The molecule has 3 aromatic rings. The molecule has 124 valence electrons. The SMILES string of the molecule is Cc1coc2ccc(NC(=O)N3CCO[C@@H](c4nccs4)C3)cc12. The normalized spacial score (nSPS) is 18.0. The smallest absolute Gasteiger partial charge is 0.322 e. The number of nitrogens with zero attached hydrogens (tertiary/aromatic N) is 2. The van der Waals surface area contributed by atoms with E-state index in [1.807, 2.05) is 30.5 Å². The maximum absolute atomic E-state index is 12.6. The van der Waals surface area contributed by atoms with Gasteiger partial charge in [0.25, 0.3) is 0 Å². The molecule has 0 bridgehead atoms. The van der Waals surface area contributed by atoms with Crippen LogP contribution in [-0.4, -0.2) is 35.6 Å². The number of carbonyl (C=O) groups is 1. The minimum absolute atomic E-state index is 0.125. The molecule has 4 rings (SSSR count). The van der Waals surface area contributed by atoms with Gasteiger partial charge in [-0.25, -0.2) is 9.78 Å². The molecule has 0 aliphatic carbocycles. The highest BCUT2D eigenvalue weighted by atomic mass is 32.1. The van der Waals surface area contributed by atoms with Crippen molar-refractivity contribution in [3.63, 3.8) is 0 Å². The average molecular weight is 343 g/mol. The number of benzene rings is 1. The molecule has 3 heterocycles. The van der Waals surface area contributed by atoms with Crippen molar-refractivity contribution >= 4 is 34.0 Å². The summed E-state index contributed by atoms with van der Waals surface area (Å²) in [5.41, 5.74) is 2.63. The molecule has 1 aliphatic rings. The van der Waals surface area contributed by atoms with E-state index in [1.165, 1.54) is 0 Å². The van der Waals surface area contributed by atoms with Crippen LogP contribution in [0, 0.1) is 6.92 Å². The second-order valence-electron chi connectivity index (χ2n) is 5.74. The number of morpholine rings is 1. The van der Waals surface area contributed by atoms with E-state index in [1.54, 1.807) is 28.7 Å². The molecule has 7 heteroatoms. The van der Waals surface area contributed by atoms with Crippen LogP contribution in [0.2, 0.25) is 0 Å². The lowest BCUT2D eigenvalue weighted by atomic mass is 10.2. The van der Waals surface area contributed by atoms with E-state index >= 15 is 0 Å². The van der Waals surface area contributed by atoms with Gasteiger partial charge in [0.1, 0.15) is 16.7 Å². The first-order valence-electron chi connectivity index (χ1n) is 7.75. The van der Waals surface area contributed by atoms with Crippen LogP contribution in [0.4, 0.5) is 10.5 Å². The van der Waals surface area contributed by atoms with Gasteiger partial charge in [-0.15, -0.1) is 11.3 Å². The summed E-state index contributed by atoms with van der Waals surface area (Å²) < 4.78 is 11.2. The molecule has 1 saturated heterocycles. The van der Waals surface area contributed by atoms with Crippen molar-refractivity contribution in [2.24, 2.45) is 0 Å². The van der Waals surface area contributed by atoms with Crippen molar-refractivity contribution in [2.45, 2.75) is 13.0 Å². The highest BCUT2D eigenvalue weighted by Crippen LogP contribution is 2.26. The maximum atomic E-state index is 12.6. The van der Waals surface area contributed by atoms with E-state index in [9.17, 15) is 4.79 Å². The van der Waals surface area contributed by atoms with Gasteiger partial charge in [-0.1, -0.05) is 0 Å². The van der Waals surface area contributed by atoms with Gasteiger partial charge in [-0.05, 0) is 30.7 Å². The molecule has 2 aromatic heterocycles. The fourth-order valence-electron chi connectivity index (χ4n) is 2.81. The van der Waals surface area contributed by atoms with Gasteiger partial charge >= 0.3 is 6.03 Å². The molecule has 24 heavy (non-hydrogen) atoms.